The van der Waals surface area contributed by atoms with Crippen LogP contribution in [0.3, 0.4) is 0 Å². The Kier molecular flexibility index (Phi) is 3.61. The van der Waals surface area contributed by atoms with Crippen LogP contribution in [0.1, 0.15) is 31.8 Å². The van der Waals surface area contributed by atoms with E-state index in [1.54, 1.807) is 0 Å². The average Bonchev–Trinajstić information content (AvgIpc) is 2.43. The number of nitrogen functional groups attached to an aromatic ring is 1. The normalized spacial score (nSPS) is 13.1. The van der Waals surface area contributed by atoms with Crippen LogP contribution in [0.2, 0.25) is 0 Å². The van der Waals surface area contributed by atoms with Crippen LogP contribution >= 0.6 is 0 Å². The molecule has 7 nitrogen and oxygen atoms in total. The molecule has 0 aromatic heterocycles. The van der Waals surface area contributed by atoms with Crippen LogP contribution in [0.15, 0.2) is 41.3 Å². The smallest absolute Gasteiger partial charge is 0.196 e. The summed E-state index contributed by atoms with van der Waals surface area (Å²) in [7, 11) is -4.87. The fourth-order valence-electron chi connectivity index (χ4n) is 2.45. The highest BCUT2D eigenvalue weighted by Gasteiger charge is 2.33. The van der Waals surface area contributed by atoms with E-state index in [9.17, 15) is 22.6 Å². The highest BCUT2D eigenvalue weighted by molar-refractivity contribution is 7.85. The summed E-state index contributed by atoms with van der Waals surface area (Å²) < 4.78 is 33.9. The molecule has 0 atom stereocenters. The van der Waals surface area contributed by atoms with E-state index in [-0.39, 0.29) is 34.1 Å². The summed E-state index contributed by atoms with van der Waals surface area (Å²) in [5, 5.41) is 0. The summed E-state index contributed by atoms with van der Waals surface area (Å²) in [6.07, 6.45) is 0. The van der Waals surface area contributed by atoms with E-state index in [2.05, 4.69) is 0 Å². The minimum atomic E-state index is -4.87. The van der Waals surface area contributed by atoms with Crippen LogP contribution in [-0.4, -0.2) is 24.5 Å². The van der Waals surface area contributed by atoms with Crippen LogP contribution in [0, 0.1) is 0 Å². The van der Waals surface area contributed by atoms with Gasteiger partial charge in [-0.3, -0.25) is 9.59 Å². The number of rotatable bonds is 1. The van der Waals surface area contributed by atoms with Gasteiger partial charge in [0.1, 0.15) is 10.1 Å². The van der Waals surface area contributed by atoms with Crippen LogP contribution in [0.5, 0.6) is 0 Å². The van der Waals surface area contributed by atoms with Gasteiger partial charge in [-0.15, -0.1) is 0 Å². The van der Waals surface area contributed by atoms with Crippen molar-refractivity contribution in [2.24, 2.45) is 0 Å². The van der Waals surface area contributed by atoms with Crippen molar-refractivity contribution in [2.75, 3.05) is 5.73 Å². The van der Waals surface area contributed by atoms with E-state index in [4.69, 9.17) is 5.73 Å². The molecule has 0 bridgehead atoms. The fourth-order valence-corrected chi connectivity index (χ4v) is 3.14. The third-order valence-electron chi connectivity index (χ3n) is 3.34. The first-order chi connectivity index (χ1) is 9.82. The van der Waals surface area contributed by atoms with Gasteiger partial charge < -0.3 is 16.4 Å². The van der Waals surface area contributed by atoms with Crippen molar-refractivity contribution in [2.45, 2.75) is 4.90 Å². The maximum Gasteiger partial charge on any atom is 0.196 e. The lowest BCUT2D eigenvalue weighted by atomic mass is 9.83. The highest BCUT2D eigenvalue weighted by Crippen LogP contribution is 2.33. The van der Waals surface area contributed by atoms with Crippen LogP contribution in [0.4, 0.5) is 5.69 Å². The van der Waals surface area contributed by atoms with Gasteiger partial charge in [-0.25, -0.2) is 8.42 Å². The number of carbonyl (C=O) groups excluding carboxylic acids is 2. The number of hydrogen-bond acceptors (Lipinski definition) is 6. The number of ketones is 2. The van der Waals surface area contributed by atoms with Crippen LogP contribution in [0.25, 0.3) is 0 Å². The number of hydrogen-bond donors (Lipinski definition) is 2. The Morgan fingerprint density at radius 3 is 1.95 bits per heavy atom. The Labute approximate surface area is 126 Å². The molecule has 3 rings (SSSR count). The van der Waals surface area contributed by atoms with E-state index in [0.717, 1.165) is 6.07 Å². The molecule has 0 fully saturated rings. The van der Waals surface area contributed by atoms with E-state index < -0.39 is 26.6 Å². The fraction of sp³-hybridized carbons (Fsp3) is 0. The summed E-state index contributed by atoms with van der Waals surface area (Å²) in [5.74, 6) is -1.26. The lowest BCUT2D eigenvalue weighted by molar-refractivity contribution is 0.0977. The van der Waals surface area contributed by atoms with Crippen molar-refractivity contribution >= 4 is 27.4 Å². The van der Waals surface area contributed by atoms with E-state index in [0.29, 0.717) is 0 Å². The summed E-state index contributed by atoms with van der Waals surface area (Å²) in [5.41, 5.74) is 5.39. The van der Waals surface area contributed by atoms with Crippen molar-refractivity contribution in [3.63, 3.8) is 0 Å². The van der Waals surface area contributed by atoms with Crippen molar-refractivity contribution in [1.82, 2.24) is 6.15 Å². The molecule has 0 aliphatic heterocycles. The standard InChI is InChI=1S/C14H9NO5S.H3N/c15-9-5-1-3-7-11(9)13(16)8-4-2-6-10(21(18,19)20)12(8)14(7)17;/h1-6H,15H2,(H,18,19,20);1H3. The molecular formula is C14H12N2O5S. The topological polar surface area (TPSA) is 154 Å². The predicted octanol–water partition coefficient (Wildman–Crippen LogP) is 1.32. The molecule has 0 unspecified atom stereocenters. The maximum atomic E-state index is 12.5. The Morgan fingerprint density at radius 1 is 0.864 bits per heavy atom. The molecule has 114 valence electrons. The van der Waals surface area contributed by atoms with Crippen molar-refractivity contribution in [3.05, 3.63) is 58.7 Å². The number of nitrogens with two attached hydrogens (primary N) is 1. The largest absolute Gasteiger partial charge is 0.744 e. The lowest BCUT2D eigenvalue weighted by Crippen LogP contribution is -2.24. The first-order valence-corrected chi connectivity index (χ1v) is 7.30. The van der Waals surface area contributed by atoms with Crippen molar-refractivity contribution in [3.8, 4) is 0 Å². The minimum absolute atomic E-state index is 0. The molecule has 0 saturated heterocycles. The molecule has 6 N–H and O–H groups in total. The molecule has 8 heteroatoms. The zero-order valence-corrected chi connectivity index (χ0v) is 12.3. The SMILES string of the molecule is Nc1cccc2c1C(=O)c1cccc(S(=O)(=O)[O-])c1C2=O.[NH4+]. The molecule has 2 aromatic carbocycles. The lowest BCUT2D eigenvalue weighted by Gasteiger charge is -2.22. The van der Waals surface area contributed by atoms with Crippen LogP contribution in [-0.2, 0) is 10.1 Å². The number of benzene rings is 2. The molecule has 0 radical (unpaired) electrons. The van der Waals surface area contributed by atoms with Gasteiger partial charge in [0.05, 0.1) is 16.0 Å². The summed E-state index contributed by atoms with van der Waals surface area (Å²) in [6, 6.07) is 7.91. The molecule has 1 aliphatic carbocycles. The first kappa shape index (κ1) is 15.8. The molecule has 0 amide bonds. The highest BCUT2D eigenvalue weighted by atomic mass is 32.2. The summed E-state index contributed by atoms with van der Waals surface area (Å²) in [4.78, 5) is 24.2. The molecule has 22 heavy (non-hydrogen) atoms. The molecule has 0 spiro atoms. The number of anilines is 1. The Bertz CT molecular complexity index is 919. The van der Waals surface area contributed by atoms with E-state index in [1.165, 1.54) is 30.3 Å². The molecule has 0 saturated carbocycles. The number of carbonyl (C=O) groups is 2. The van der Waals surface area contributed by atoms with Gasteiger partial charge in [0, 0.05) is 16.8 Å². The maximum absolute atomic E-state index is 12.5. The monoisotopic (exact) mass is 320 g/mol. The Hall–Kier alpha value is -2.55. The zero-order chi connectivity index (χ0) is 15.4. The van der Waals surface area contributed by atoms with Gasteiger partial charge in [-0.05, 0) is 12.1 Å². The molecule has 2 aromatic rings. The van der Waals surface area contributed by atoms with Gasteiger partial charge in [0.2, 0.25) is 0 Å². The number of fused-ring (bicyclic) bond motifs is 2. The van der Waals surface area contributed by atoms with E-state index in [1.807, 2.05) is 0 Å². The quantitative estimate of drug-likeness (QED) is 0.509. The average molecular weight is 320 g/mol. The second-order valence-corrected chi connectivity index (χ2v) is 5.91. The van der Waals surface area contributed by atoms with Crippen LogP contribution < -0.4 is 11.9 Å². The summed E-state index contributed by atoms with van der Waals surface area (Å²) in [6.45, 7) is 0. The van der Waals surface area contributed by atoms with Crippen molar-refractivity contribution in [1.29, 1.82) is 0 Å². The Morgan fingerprint density at radius 2 is 1.36 bits per heavy atom. The Balaban J connectivity index is 0.00000176. The van der Waals surface area contributed by atoms with Crippen molar-refractivity contribution < 1.29 is 22.6 Å². The third-order valence-corrected chi connectivity index (χ3v) is 4.21. The minimum Gasteiger partial charge on any atom is -0.744 e. The number of quaternary nitrogens is 1. The second-order valence-electron chi connectivity index (χ2n) is 4.56. The van der Waals surface area contributed by atoms with E-state index >= 15 is 0 Å². The molecule has 0 heterocycles. The van der Waals surface area contributed by atoms with Gasteiger partial charge in [0.25, 0.3) is 0 Å². The third kappa shape index (κ3) is 2.10. The summed E-state index contributed by atoms with van der Waals surface area (Å²) >= 11 is 0. The van der Waals surface area contributed by atoms with Gasteiger partial charge >= 0.3 is 0 Å². The second kappa shape index (κ2) is 5.02. The predicted molar refractivity (Wildman–Crippen MR) is 78.1 cm³/mol. The molecule has 1 aliphatic rings. The zero-order valence-electron chi connectivity index (χ0n) is 11.5. The van der Waals surface area contributed by atoms with Gasteiger partial charge in [0.15, 0.2) is 11.6 Å². The first-order valence-electron chi connectivity index (χ1n) is 5.89. The van der Waals surface area contributed by atoms with Gasteiger partial charge in [-0.2, -0.15) is 0 Å². The molecular weight excluding hydrogens is 308 g/mol. The van der Waals surface area contributed by atoms with Gasteiger partial charge in [-0.1, -0.05) is 24.3 Å².